The van der Waals surface area contributed by atoms with E-state index >= 15 is 0 Å². The SMILES string of the molecule is CCCNCc1ccccc1OCC(=O)NCCCOC. The number of methoxy groups -OCH3 is 1. The summed E-state index contributed by atoms with van der Waals surface area (Å²) < 4.78 is 10.5. The first-order chi connectivity index (χ1) is 10.3. The van der Waals surface area contributed by atoms with E-state index in [2.05, 4.69) is 17.6 Å². The van der Waals surface area contributed by atoms with Gasteiger partial charge in [0.2, 0.25) is 0 Å². The molecule has 1 amide bonds. The third kappa shape index (κ3) is 7.68. The zero-order chi connectivity index (χ0) is 15.3. The van der Waals surface area contributed by atoms with Gasteiger partial charge in [-0.05, 0) is 25.5 Å². The van der Waals surface area contributed by atoms with Gasteiger partial charge in [-0.3, -0.25) is 4.79 Å². The largest absolute Gasteiger partial charge is 0.483 e. The standard InChI is InChI=1S/C16H26N2O3/c1-3-9-17-12-14-7-4-5-8-15(14)21-13-16(19)18-10-6-11-20-2/h4-5,7-8,17H,3,6,9-13H2,1-2H3,(H,18,19). The third-order valence-corrected chi connectivity index (χ3v) is 2.92. The Kier molecular flexibility index (Phi) is 9.24. The van der Waals surface area contributed by atoms with Gasteiger partial charge in [0.15, 0.2) is 6.61 Å². The van der Waals surface area contributed by atoms with Gasteiger partial charge in [-0.15, -0.1) is 0 Å². The fourth-order valence-electron chi connectivity index (χ4n) is 1.83. The number of amides is 1. The molecule has 1 rings (SSSR count). The first kappa shape index (κ1) is 17.5. The summed E-state index contributed by atoms with van der Waals surface area (Å²) in [5, 5.41) is 6.13. The molecule has 0 bridgehead atoms. The van der Waals surface area contributed by atoms with E-state index in [4.69, 9.17) is 9.47 Å². The molecular weight excluding hydrogens is 268 g/mol. The van der Waals surface area contributed by atoms with Crippen LogP contribution in [-0.2, 0) is 16.1 Å². The van der Waals surface area contributed by atoms with Crippen molar-refractivity contribution in [2.24, 2.45) is 0 Å². The summed E-state index contributed by atoms with van der Waals surface area (Å²) in [6, 6.07) is 7.78. The van der Waals surface area contributed by atoms with E-state index in [0.29, 0.717) is 13.2 Å². The molecule has 5 heteroatoms. The lowest BCUT2D eigenvalue weighted by Gasteiger charge is -2.12. The average molecular weight is 294 g/mol. The zero-order valence-electron chi connectivity index (χ0n) is 13.0. The lowest BCUT2D eigenvalue weighted by molar-refractivity contribution is -0.123. The molecule has 0 unspecified atom stereocenters. The summed E-state index contributed by atoms with van der Waals surface area (Å²) in [4.78, 5) is 11.7. The number of hydrogen-bond donors (Lipinski definition) is 2. The molecule has 0 aliphatic heterocycles. The third-order valence-electron chi connectivity index (χ3n) is 2.92. The highest BCUT2D eigenvalue weighted by Gasteiger charge is 2.06. The van der Waals surface area contributed by atoms with Crippen LogP contribution in [0.1, 0.15) is 25.3 Å². The van der Waals surface area contributed by atoms with E-state index in [9.17, 15) is 4.79 Å². The van der Waals surface area contributed by atoms with Crippen molar-refractivity contribution in [2.45, 2.75) is 26.3 Å². The lowest BCUT2D eigenvalue weighted by Crippen LogP contribution is -2.30. The van der Waals surface area contributed by atoms with Crippen LogP contribution in [0.5, 0.6) is 5.75 Å². The molecule has 1 aromatic rings. The van der Waals surface area contributed by atoms with E-state index < -0.39 is 0 Å². The zero-order valence-corrected chi connectivity index (χ0v) is 13.0. The number of rotatable bonds is 11. The molecule has 0 aliphatic rings. The molecule has 5 nitrogen and oxygen atoms in total. The van der Waals surface area contributed by atoms with Gasteiger partial charge in [0.1, 0.15) is 5.75 Å². The molecule has 0 aromatic heterocycles. The van der Waals surface area contributed by atoms with Gasteiger partial charge in [-0.25, -0.2) is 0 Å². The lowest BCUT2D eigenvalue weighted by atomic mass is 10.2. The van der Waals surface area contributed by atoms with Gasteiger partial charge in [0.25, 0.3) is 5.91 Å². The van der Waals surface area contributed by atoms with Crippen molar-refractivity contribution < 1.29 is 14.3 Å². The number of benzene rings is 1. The number of hydrogen-bond acceptors (Lipinski definition) is 4. The highest BCUT2D eigenvalue weighted by molar-refractivity contribution is 5.77. The molecule has 0 radical (unpaired) electrons. The molecule has 0 spiro atoms. The topological polar surface area (TPSA) is 59.6 Å². The molecule has 0 saturated heterocycles. The minimum Gasteiger partial charge on any atom is -0.483 e. The highest BCUT2D eigenvalue weighted by Crippen LogP contribution is 2.17. The summed E-state index contributed by atoms with van der Waals surface area (Å²) in [6.45, 7) is 5.14. The highest BCUT2D eigenvalue weighted by atomic mass is 16.5. The Bertz CT molecular complexity index is 410. The minimum absolute atomic E-state index is 0.0395. The Morgan fingerprint density at radius 1 is 1.24 bits per heavy atom. The Morgan fingerprint density at radius 3 is 2.81 bits per heavy atom. The first-order valence-electron chi connectivity index (χ1n) is 7.45. The van der Waals surface area contributed by atoms with Gasteiger partial charge in [0.05, 0.1) is 0 Å². The molecule has 0 aliphatic carbocycles. The molecule has 0 atom stereocenters. The fourth-order valence-corrected chi connectivity index (χ4v) is 1.83. The predicted octanol–water partition coefficient (Wildman–Crippen LogP) is 1.72. The molecular formula is C16H26N2O3. The van der Waals surface area contributed by atoms with E-state index in [0.717, 1.165) is 37.2 Å². The average Bonchev–Trinajstić information content (AvgIpc) is 2.51. The molecule has 0 heterocycles. The number of nitrogens with one attached hydrogen (secondary N) is 2. The van der Waals surface area contributed by atoms with Crippen LogP contribution in [0.4, 0.5) is 0 Å². The summed E-state index contributed by atoms with van der Waals surface area (Å²) in [7, 11) is 1.65. The van der Waals surface area contributed by atoms with E-state index in [-0.39, 0.29) is 12.5 Å². The van der Waals surface area contributed by atoms with Crippen molar-refractivity contribution in [3.8, 4) is 5.75 Å². The van der Waals surface area contributed by atoms with Crippen LogP contribution in [0.25, 0.3) is 0 Å². The molecule has 21 heavy (non-hydrogen) atoms. The fraction of sp³-hybridized carbons (Fsp3) is 0.562. The second kappa shape index (κ2) is 11.1. The van der Waals surface area contributed by atoms with Gasteiger partial charge in [-0.2, -0.15) is 0 Å². The summed E-state index contributed by atoms with van der Waals surface area (Å²) in [5.74, 6) is 0.649. The Labute approximate surface area is 127 Å². The van der Waals surface area contributed by atoms with E-state index in [1.54, 1.807) is 7.11 Å². The molecule has 118 valence electrons. The number of para-hydroxylation sites is 1. The van der Waals surface area contributed by atoms with Crippen LogP contribution in [0.15, 0.2) is 24.3 Å². The van der Waals surface area contributed by atoms with Crippen molar-refractivity contribution >= 4 is 5.91 Å². The normalized spacial score (nSPS) is 10.4. The van der Waals surface area contributed by atoms with Crippen molar-refractivity contribution in [1.82, 2.24) is 10.6 Å². The first-order valence-corrected chi connectivity index (χ1v) is 7.45. The number of ether oxygens (including phenoxy) is 2. The maximum atomic E-state index is 11.7. The number of carbonyl (C=O) groups is 1. The Morgan fingerprint density at radius 2 is 2.05 bits per heavy atom. The summed E-state index contributed by atoms with van der Waals surface area (Å²) >= 11 is 0. The second-order valence-electron chi connectivity index (χ2n) is 4.77. The van der Waals surface area contributed by atoms with Crippen LogP contribution >= 0.6 is 0 Å². The quantitative estimate of drug-likeness (QED) is 0.610. The molecule has 0 saturated carbocycles. The van der Waals surface area contributed by atoms with Gasteiger partial charge in [0, 0.05) is 32.4 Å². The van der Waals surface area contributed by atoms with Crippen molar-refractivity contribution in [3.05, 3.63) is 29.8 Å². The number of carbonyl (C=O) groups excluding carboxylic acids is 1. The monoisotopic (exact) mass is 294 g/mol. The van der Waals surface area contributed by atoms with Gasteiger partial charge in [-0.1, -0.05) is 25.1 Å². The van der Waals surface area contributed by atoms with Gasteiger partial charge >= 0.3 is 0 Å². The van der Waals surface area contributed by atoms with Crippen LogP contribution in [-0.4, -0.2) is 39.3 Å². The van der Waals surface area contributed by atoms with Crippen LogP contribution in [0.2, 0.25) is 0 Å². The molecule has 1 aromatic carbocycles. The second-order valence-corrected chi connectivity index (χ2v) is 4.77. The Hall–Kier alpha value is -1.59. The van der Waals surface area contributed by atoms with Crippen molar-refractivity contribution in [1.29, 1.82) is 0 Å². The van der Waals surface area contributed by atoms with Crippen LogP contribution in [0.3, 0.4) is 0 Å². The predicted molar refractivity (Wildman–Crippen MR) is 83.4 cm³/mol. The van der Waals surface area contributed by atoms with Crippen molar-refractivity contribution in [3.63, 3.8) is 0 Å². The molecule has 0 fully saturated rings. The Balaban J connectivity index is 2.34. The smallest absolute Gasteiger partial charge is 0.257 e. The maximum absolute atomic E-state index is 11.7. The minimum atomic E-state index is -0.109. The molecule has 2 N–H and O–H groups in total. The summed E-state index contributed by atoms with van der Waals surface area (Å²) in [5.41, 5.74) is 1.07. The van der Waals surface area contributed by atoms with E-state index in [1.807, 2.05) is 24.3 Å². The van der Waals surface area contributed by atoms with Crippen molar-refractivity contribution in [2.75, 3.05) is 33.4 Å². The van der Waals surface area contributed by atoms with Crippen LogP contribution < -0.4 is 15.4 Å². The van der Waals surface area contributed by atoms with Gasteiger partial charge < -0.3 is 20.1 Å². The maximum Gasteiger partial charge on any atom is 0.257 e. The van der Waals surface area contributed by atoms with E-state index in [1.165, 1.54) is 0 Å². The van der Waals surface area contributed by atoms with Crippen LogP contribution in [0, 0.1) is 0 Å². The summed E-state index contributed by atoms with van der Waals surface area (Å²) in [6.07, 6.45) is 1.90.